The number of amides is 2. The summed E-state index contributed by atoms with van der Waals surface area (Å²) in [5.74, 6) is 0. The second kappa shape index (κ2) is 7.75. The standard InChI is InChI=1S/C15H26N4O/c1-11(2)19(12(3)4)9-8-17-15(20)18-14-7-5-6-13(16)10-14/h5-7,10-12H,8-9,16H2,1-4H3,(H2,17,18,20). The summed E-state index contributed by atoms with van der Waals surface area (Å²) in [5, 5.41) is 5.62. The van der Waals surface area contributed by atoms with E-state index in [-0.39, 0.29) is 6.03 Å². The molecule has 5 heteroatoms. The molecule has 1 aromatic rings. The molecule has 0 unspecified atom stereocenters. The van der Waals surface area contributed by atoms with Crippen LogP contribution in [0.4, 0.5) is 16.2 Å². The average Bonchev–Trinajstić information content (AvgIpc) is 2.33. The van der Waals surface area contributed by atoms with Crippen LogP contribution in [-0.4, -0.2) is 36.1 Å². The van der Waals surface area contributed by atoms with E-state index in [1.165, 1.54) is 0 Å². The Kier molecular flexibility index (Phi) is 6.31. The Bertz CT molecular complexity index is 424. The number of nitrogen functional groups attached to an aromatic ring is 1. The van der Waals surface area contributed by atoms with Crippen molar-refractivity contribution in [3.63, 3.8) is 0 Å². The molecule has 20 heavy (non-hydrogen) atoms. The Morgan fingerprint density at radius 1 is 1.25 bits per heavy atom. The third kappa shape index (κ3) is 5.48. The molecule has 0 fully saturated rings. The molecule has 0 spiro atoms. The van der Waals surface area contributed by atoms with Gasteiger partial charge in [0.1, 0.15) is 0 Å². The lowest BCUT2D eigenvalue weighted by Gasteiger charge is -2.30. The lowest BCUT2D eigenvalue weighted by molar-refractivity contribution is 0.176. The first-order chi connectivity index (χ1) is 9.40. The maximum Gasteiger partial charge on any atom is 0.319 e. The van der Waals surface area contributed by atoms with Gasteiger partial charge in [-0.25, -0.2) is 4.79 Å². The van der Waals surface area contributed by atoms with Gasteiger partial charge in [-0.2, -0.15) is 0 Å². The van der Waals surface area contributed by atoms with Crippen LogP contribution in [0.5, 0.6) is 0 Å². The minimum absolute atomic E-state index is 0.205. The topological polar surface area (TPSA) is 70.4 Å². The number of anilines is 2. The number of carbonyl (C=O) groups is 1. The van der Waals surface area contributed by atoms with E-state index in [2.05, 4.69) is 43.2 Å². The van der Waals surface area contributed by atoms with Crippen molar-refractivity contribution in [3.05, 3.63) is 24.3 Å². The predicted octanol–water partition coefficient (Wildman–Crippen LogP) is 2.51. The summed E-state index contributed by atoms with van der Waals surface area (Å²) in [5.41, 5.74) is 7.00. The van der Waals surface area contributed by atoms with E-state index in [9.17, 15) is 4.79 Å². The maximum absolute atomic E-state index is 11.8. The highest BCUT2D eigenvalue weighted by Gasteiger charge is 2.12. The van der Waals surface area contributed by atoms with E-state index >= 15 is 0 Å². The van der Waals surface area contributed by atoms with Crippen LogP contribution in [0, 0.1) is 0 Å². The fraction of sp³-hybridized carbons (Fsp3) is 0.533. The SMILES string of the molecule is CC(C)N(CCNC(=O)Nc1cccc(N)c1)C(C)C. The van der Waals surface area contributed by atoms with Crippen molar-refractivity contribution in [2.75, 3.05) is 24.1 Å². The summed E-state index contributed by atoms with van der Waals surface area (Å²) in [6.07, 6.45) is 0. The van der Waals surface area contributed by atoms with Crippen LogP contribution >= 0.6 is 0 Å². The smallest absolute Gasteiger partial charge is 0.319 e. The predicted molar refractivity (Wildman–Crippen MR) is 84.9 cm³/mol. The van der Waals surface area contributed by atoms with Gasteiger partial charge in [-0.05, 0) is 45.9 Å². The molecule has 5 nitrogen and oxygen atoms in total. The zero-order valence-corrected chi connectivity index (χ0v) is 12.8. The van der Waals surface area contributed by atoms with Gasteiger partial charge in [0.05, 0.1) is 0 Å². The molecule has 112 valence electrons. The van der Waals surface area contributed by atoms with Crippen molar-refractivity contribution in [2.24, 2.45) is 0 Å². The number of urea groups is 1. The molecule has 0 aromatic heterocycles. The summed E-state index contributed by atoms with van der Waals surface area (Å²) >= 11 is 0. The summed E-state index contributed by atoms with van der Waals surface area (Å²) < 4.78 is 0. The molecular formula is C15H26N4O. The Morgan fingerprint density at radius 3 is 2.45 bits per heavy atom. The number of nitrogens with two attached hydrogens (primary N) is 1. The van der Waals surface area contributed by atoms with Crippen LogP contribution in [0.1, 0.15) is 27.7 Å². The van der Waals surface area contributed by atoms with Crippen molar-refractivity contribution in [1.29, 1.82) is 0 Å². The van der Waals surface area contributed by atoms with Crippen molar-refractivity contribution >= 4 is 17.4 Å². The minimum Gasteiger partial charge on any atom is -0.399 e. The number of hydrogen-bond donors (Lipinski definition) is 3. The summed E-state index contributed by atoms with van der Waals surface area (Å²) in [6, 6.07) is 7.86. The van der Waals surface area contributed by atoms with E-state index in [1.54, 1.807) is 12.1 Å². The largest absolute Gasteiger partial charge is 0.399 e. The highest BCUT2D eigenvalue weighted by molar-refractivity contribution is 5.89. The van der Waals surface area contributed by atoms with Crippen LogP contribution in [-0.2, 0) is 0 Å². The number of benzene rings is 1. The normalized spacial score (nSPS) is 11.2. The first kappa shape index (κ1) is 16.3. The van der Waals surface area contributed by atoms with E-state index in [0.29, 0.717) is 30.0 Å². The summed E-state index contributed by atoms with van der Waals surface area (Å²) in [4.78, 5) is 14.1. The average molecular weight is 278 g/mol. The number of rotatable bonds is 6. The molecule has 0 aliphatic rings. The van der Waals surface area contributed by atoms with Crippen LogP contribution in [0.25, 0.3) is 0 Å². The second-order valence-corrected chi connectivity index (χ2v) is 5.43. The third-order valence-electron chi connectivity index (χ3n) is 3.13. The van der Waals surface area contributed by atoms with Crippen LogP contribution in [0.3, 0.4) is 0 Å². The van der Waals surface area contributed by atoms with Gasteiger partial charge in [0.15, 0.2) is 0 Å². The maximum atomic E-state index is 11.8. The molecule has 2 amide bonds. The van der Waals surface area contributed by atoms with Gasteiger partial charge in [-0.3, -0.25) is 4.90 Å². The highest BCUT2D eigenvalue weighted by atomic mass is 16.2. The van der Waals surface area contributed by atoms with Gasteiger partial charge in [-0.15, -0.1) is 0 Å². The fourth-order valence-corrected chi connectivity index (χ4v) is 2.20. The monoisotopic (exact) mass is 278 g/mol. The van der Waals surface area contributed by atoms with Crippen molar-refractivity contribution in [3.8, 4) is 0 Å². The number of carbonyl (C=O) groups excluding carboxylic acids is 1. The van der Waals surface area contributed by atoms with Crippen LogP contribution in [0.2, 0.25) is 0 Å². The summed E-state index contributed by atoms with van der Waals surface area (Å²) in [7, 11) is 0. The van der Waals surface area contributed by atoms with Gasteiger partial charge in [0.25, 0.3) is 0 Å². The lowest BCUT2D eigenvalue weighted by atomic mass is 10.2. The molecule has 1 rings (SSSR count). The molecule has 0 bridgehead atoms. The molecule has 4 N–H and O–H groups in total. The quantitative estimate of drug-likeness (QED) is 0.700. The minimum atomic E-state index is -0.205. The van der Waals surface area contributed by atoms with Crippen LogP contribution < -0.4 is 16.4 Å². The first-order valence-corrected chi connectivity index (χ1v) is 7.06. The Labute approximate surface area is 121 Å². The second-order valence-electron chi connectivity index (χ2n) is 5.43. The van der Waals surface area contributed by atoms with Crippen molar-refractivity contribution < 1.29 is 4.79 Å². The lowest BCUT2D eigenvalue weighted by Crippen LogP contribution is -2.43. The highest BCUT2D eigenvalue weighted by Crippen LogP contribution is 2.11. The number of hydrogen-bond acceptors (Lipinski definition) is 3. The molecule has 0 atom stereocenters. The zero-order chi connectivity index (χ0) is 15.1. The molecule has 0 aliphatic heterocycles. The Morgan fingerprint density at radius 2 is 1.90 bits per heavy atom. The van der Waals surface area contributed by atoms with Crippen molar-refractivity contribution in [1.82, 2.24) is 10.2 Å². The van der Waals surface area contributed by atoms with E-state index in [0.717, 1.165) is 6.54 Å². The van der Waals surface area contributed by atoms with Gasteiger partial charge >= 0.3 is 6.03 Å². The molecule has 0 saturated heterocycles. The molecule has 0 heterocycles. The first-order valence-electron chi connectivity index (χ1n) is 7.06. The van der Waals surface area contributed by atoms with Gasteiger partial charge in [0.2, 0.25) is 0 Å². The Balaban J connectivity index is 2.36. The van der Waals surface area contributed by atoms with E-state index in [1.807, 2.05) is 12.1 Å². The van der Waals surface area contributed by atoms with Gasteiger partial charge in [-0.1, -0.05) is 6.07 Å². The van der Waals surface area contributed by atoms with E-state index < -0.39 is 0 Å². The van der Waals surface area contributed by atoms with E-state index in [4.69, 9.17) is 5.73 Å². The Hall–Kier alpha value is -1.75. The third-order valence-corrected chi connectivity index (χ3v) is 3.13. The molecule has 1 aromatic carbocycles. The number of nitrogens with zero attached hydrogens (tertiary/aromatic N) is 1. The van der Waals surface area contributed by atoms with Crippen LogP contribution in [0.15, 0.2) is 24.3 Å². The molecule has 0 saturated carbocycles. The van der Waals surface area contributed by atoms with Crippen molar-refractivity contribution in [2.45, 2.75) is 39.8 Å². The molecule has 0 radical (unpaired) electrons. The van der Waals surface area contributed by atoms with Gasteiger partial charge in [0, 0.05) is 36.5 Å². The number of nitrogens with one attached hydrogen (secondary N) is 2. The summed E-state index contributed by atoms with van der Waals surface area (Å²) in [6.45, 7) is 10.1. The fourth-order valence-electron chi connectivity index (χ4n) is 2.20. The zero-order valence-electron chi connectivity index (χ0n) is 12.8. The van der Waals surface area contributed by atoms with Gasteiger partial charge < -0.3 is 16.4 Å². The molecule has 0 aliphatic carbocycles. The molecular weight excluding hydrogens is 252 g/mol.